The second kappa shape index (κ2) is 8.10. The van der Waals surface area contributed by atoms with E-state index >= 15 is 0 Å². The van der Waals surface area contributed by atoms with Gasteiger partial charge in [-0.2, -0.15) is 0 Å². The van der Waals surface area contributed by atoms with Crippen molar-refractivity contribution in [3.8, 4) is 10.8 Å². The number of benzene rings is 1. The fourth-order valence-electron chi connectivity index (χ4n) is 2.64. The number of nitrogens with zero attached hydrogens (tertiary/aromatic N) is 1. The number of aryl methyl sites for hydroxylation is 1. The third-order valence-corrected chi connectivity index (χ3v) is 6.53. The molecule has 154 valence electrons. The molecule has 2 aromatic heterocycles. The van der Waals surface area contributed by atoms with E-state index in [4.69, 9.17) is 4.42 Å². The van der Waals surface area contributed by atoms with Gasteiger partial charge in [-0.25, -0.2) is 18.1 Å². The van der Waals surface area contributed by atoms with Crippen molar-refractivity contribution in [2.75, 3.05) is 0 Å². The molecule has 29 heavy (non-hydrogen) atoms. The van der Waals surface area contributed by atoms with Crippen molar-refractivity contribution in [1.82, 2.24) is 15.0 Å². The smallest absolute Gasteiger partial charge is 0.251 e. The Hall–Kier alpha value is -2.49. The highest BCUT2D eigenvalue weighted by molar-refractivity contribution is 7.89. The van der Waals surface area contributed by atoms with Gasteiger partial charge in [-0.1, -0.05) is 12.1 Å². The number of nitrogens with one attached hydrogen (secondary N) is 2. The van der Waals surface area contributed by atoms with Crippen molar-refractivity contribution in [3.05, 3.63) is 58.8 Å². The molecule has 0 spiro atoms. The van der Waals surface area contributed by atoms with Crippen LogP contribution in [0.2, 0.25) is 0 Å². The van der Waals surface area contributed by atoms with Crippen LogP contribution in [-0.2, 0) is 16.6 Å². The van der Waals surface area contributed by atoms with E-state index < -0.39 is 15.6 Å². The van der Waals surface area contributed by atoms with Gasteiger partial charge in [0.25, 0.3) is 5.91 Å². The van der Waals surface area contributed by atoms with Crippen molar-refractivity contribution < 1.29 is 17.6 Å². The molecule has 1 amide bonds. The highest BCUT2D eigenvalue weighted by atomic mass is 32.2. The first-order valence-electron chi connectivity index (χ1n) is 8.96. The first kappa shape index (κ1) is 21.2. The number of sulfonamides is 1. The predicted molar refractivity (Wildman–Crippen MR) is 112 cm³/mol. The Balaban J connectivity index is 1.74. The molecule has 0 saturated carbocycles. The van der Waals surface area contributed by atoms with Gasteiger partial charge in [0.1, 0.15) is 6.26 Å². The summed E-state index contributed by atoms with van der Waals surface area (Å²) in [5, 5.41) is 4.70. The number of rotatable bonds is 6. The number of aromatic nitrogens is 1. The molecular formula is C20H23N3O4S2. The minimum Gasteiger partial charge on any atom is -0.443 e. The second-order valence-electron chi connectivity index (χ2n) is 7.64. The van der Waals surface area contributed by atoms with Gasteiger partial charge in [-0.3, -0.25) is 4.79 Å². The largest absolute Gasteiger partial charge is 0.443 e. The van der Waals surface area contributed by atoms with Gasteiger partial charge in [-0.05, 0) is 56.8 Å². The first-order valence-corrected chi connectivity index (χ1v) is 11.3. The Morgan fingerprint density at radius 1 is 1.24 bits per heavy atom. The van der Waals surface area contributed by atoms with Crippen molar-refractivity contribution in [2.45, 2.75) is 44.7 Å². The summed E-state index contributed by atoms with van der Waals surface area (Å²) in [7, 11) is -3.74. The Labute approximate surface area is 174 Å². The summed E-state index contributed by atoms with van der Waals surface area (Å²) in [4.78, 5) is 18.0. The van der Waals surface area contributed by atoms with E-state index in [1.807, 2.05) is 17.5 Å². The van der Waals surface area contributed by atoms with Crippen LogP contribution < -0.4 is 10.0 Å². The highest BCUT2D eigenvalue weighted by Gasteiger charge is 2.23. The zero-order valence-electron chi connectivity index (χ0n) is 16.6. The van der Waals surface area contributed by atoms with Crippen LogP contribution in [-0.4, -0.2) is 24.8 Å². The van der Waals surface area contributed by atoms with E-state index in [-0.39, 0.29) is 17.3 Å². The molecule has 0 radical (unpaired) electrons. The maximum absolute atomic E-state index is 12.7. The molecule has 0 bridgehead atoms. The zero-order valence-corrected chi connectivity index (χ0v) is 18.3. The molecule has 0 aliphatic rings. The maximum Gasteiger partial charge on any atom is 0.251 e. The average molecular weight is 434 g/mol. The molecule has 2 heterocycles. The summed E-state index contributed by atoms with van der Waals surface area (Å²) in [6.45, 7) is 7.20. The summed E-state index contributed by atoms with van der Waals surface area (Å²) in [6, 6.07) is 8.31. The molecule has 3 aromatic rings. The third kappa shape index (κ3) is 5.31. The van der Waals surface area contributed by atoms with E-state index in [9.17, 15) is 13.2 Å². The molecule has 2 N–H and O–H groups in total. The van der Waals surface area contributed by atoms with Crippen LogP contribution in [0, 0.1) is 6.92 Å². The van der Waals surface area contributed by atoms with Crippen LogP contribution in [0.5, 0.6) is 0 Å². The van der Waals surface area contributed by atoms with Gasteiger partial charge in [0.2, 0.25) is 15.9 Å². The molecule has 1 aromatic carbocycles. The minimum absolute atomic E-state index is 0.0459. The molecule has 0 aliphatic carbocycles. The van der Waals surface area contributed by atoms with E-state index in [0.29, 0.717) is 22.7 Å². The lowest BCUT2D eigenvalue weighted by Gasteiger charge is -2.20. The summed E-state index contributed by atoms with van der Waals surface area (Å²) in [5.41, 5.74) is 0.928. The van der Waals surface area contributed by atoms with Gasteiger partial charge in [0.15, 0.2) is 0 Å². The zero-order chi connectivity index (χ0) is 21.2. The summed E-state index contributed by atoms with van der Waals surface area (Å²) >= 11 is 1.51. The Morgan fingerprint density at radius 3 is 2.66 bits per heavy atom. The van der Waals surface area contributed by atoms with Crippen LogP contribution in [0.1, 0.15) is 42.4 Å². The summed E-state index contributed by atoms with van der Waals surface area (Å²) in [6.07, 6.45) is 1.50. The van der Waals surface area contributed by atoms with Crippen LogP contribution >= 0.6 is 11.3 Å². The molecule has 0 aliphatic heterocycles. The highest BCUT2D eigenvalue weighted by Crippen LogP contribution is 2.23. The number of carbonyl (C=O) groups is 1. The van der Waals surface area contributed by atoms with E-state index in [1.54, 1.807) is 33.8 Å². The summed E-state index contributed by atoms with van der Waals surface area (Å²) in [5.74, 6) is 0.123. The number of amides is 1. The van der Waals surface area contributed by atoms with Crippen LogP contribution in [0.3, 0.4) is 0 Å². The standard InChI is InChI=1S/C20H23N3O4S2/c1-13-7-8-15(29(25,26)23-20(2,3)4)10-16(13)18(24)21-11-14-12-27-19(22-14)17-6-5-9-28-17/h5-10,12,23H,11H2,1-4H3,(H,21,24). The van der Waals surface area contributed by atoms with Gasteiger partial charge < -0.3 is 9.73 Å². The normalized spacial score (nSPS) is 12.1. The van der Waals surface area contributed by atoms with Crippen molar-refractivity contribution in [3.63, 3.8) is 0 Å². The predicted octanol–water partition coefficient (Wildman–Crippen LogP) is 3.72. The minimum atomic E-state index is -3.74. The second-order valence-corrected chi connectivity index (χ2v) is 10.3. The number of hydrogen-bond acceptors (Lipinski definition) is 6. The topological polar surface area (TPSA) is 101 Å². The number of oxazole rings is 1. The lowest BCUT2D eigenvalue weighted by Crippen LogP contribution is -2.40. The Bertz CT molecular complexity index is 1110. The van der Waals surface area contributed by atoms with E-state index in [2.05, 4.69) is 15.0 Å². The molecule has 0 atom stereocenters. The number of hydrogen-bond donors (Lipinski definition) is 2. The maximum atomic E-state index is 12.7. The fourth-order valence-corrected chi connectivity index (χ4v) is 4.74. The van der Waals surface area contributed by atoms with Gasteiger partial charge >= 0.3 is 0 Å². The molecular weight excluding hydrogens is 410 g/mol. The molecule has 0 unspecified atom stereocenters. The van der Waals surface area contributed by atoms with Crippen LogP contribution in [0.4, 0.5) is 0 Å². The Kier molecular flexibility index (Phi) is 5.92. The van der Waals surface area contributed by atoms with Gasteiger partial charge in [0.05, 0.1) is 22.0 Å². The van der Waals surface area contributed by atoms with E-state index in [0.717, 1.165) is 4.88 Å². The first-order chi connectivity index (χ1) is 13.5. The summed E-state index contributed by atoms with van der Waals surface area (Å²) < 4.78 is 33.2. The van der Waals surface area contributed by atoms with E-state index in [1.165, 1.54) is 29.7 Å². The Morgan fingerprint density at radius 2 is 2.00 bits per heavy atom. The van der Waals surface area contributed by atoms with Gasteiger partial charge in [-0.15, -0.1) is 11.3 Å². The quantitative estimate of drug-likeness (QED) is 0.617. The molecule has 0 fully saturated rings. The van der Waals surface area contributed by atoms with Crippen LogP contribution in [0.15, 0.2) is 51.3 Å². The third-order valence-electron chi connectivity index (χ3n) is 3.92. The average Bonchev–Trinajstić information content (AvgIpc) is 3.29. The van der Waals surface area contributed by atoms with Crippen molar-refractivity contribution in [1.29, 1.82) is 0 Å². The number of thiophene rings is 1. The van der Waals surface area contributed by atoms with Crippen molar-refractivity contribution >= 4 is 27.3 Å². The van der Waals surface area contributed by atoms with Crippen molar-refractivity contribution in [2.24, 2.45) is 0 Å². The lowest BCUT2D eigenvalue weighted by molar-refractivity contribution is 0.0949. The monoisotopic (exact) mass is 433 g/mol. The number of carbonyl (C=O) groups excluding carboxylic acids is 1. The SMILES string of the molecule is Cc1ccc(S(=O)(=O)NC(C)(C)C)cc1C(=O)NCc1coc(-c2cccs2)n1. The molecule has 7 nitrogen and oxygen atoms in total. The molecule has 9 heteroatoms. The van der Waals surface area contributed by atoms with Gasteiger partial charge in [0, 0.05) is 11.1 Å². The lowest BCUT2D eigenvalue weighted by atomic mass is 10.1. The fraction of sp³-hybridized carbons (Fsp3) is 0.300. The van der Waals surface area contributed by atoms with Crippen LogP contribution in [0.25, 0.3) is 10.8 Å². The molecule has 3 rings (SSSR count). The molecule has 0 saturated heterocycles.